The SMILES string of the molecule is Cc1noc(C)c1-c1cc(C(C(=N)C2CC2)C(=N)C2CC2)c2nc(C3CC3)[nH]c2c1. The Balaban J connectivity index is 1.58. The number of nitrogens with zero attached hydrogens (tertiary/aromatic N) is 2. The molecule has 6 heteroatoms. The van der Waals surface area contributed by atoms with E-state index in [1.165, 1.54) is 12.8 Å². The fourth-order valence-electron chi connectivity index (χ4n) is 4.74. The van der Waals surface area contributed by atoms with Gasteiger partial charge in [-0.15, -0.1) is 0 Å². The van der Waals surface area contributed by atoms with Crippen LogP contribution in [0.1, 0.15) is 73.2 Å². The lowest BCUT2D eigenvalue weighted by Gasteiger charge is -2.21. The molecule has 3 N–H and O–H groups in total. The first kappa shape index (κ1) is 18.0. The van der Waals surface area contributed by atoms with Gasteiger partial charge >= 0.3 is 0 Å². The number of nitrogens with one attached hydrogen (secondary N) is 3. The van der Waals surface area contributed by atoms with Crippen molar-refractivity contribution >= 4 is 22.5 Å². The predicted octanol–water partition coefficient (Wildman–Crippen LogP) is 5.66. The Morgan fingerprint density at radius 3 is 2.23 bits per heavy atom. The lowest BCUT2D eigenvalue weighted by Crippen LogP contribution is -2.24. The number of hydrogen-bond acceptors (Lipinski definition) is 5. The quantitative estimate of drug-likeness (QED) is 0.445. The normalized spacial score (nSPS) is 19.9. The van der Waals surface area contributed by atoms with E-state index in [4.69, 9.17) is 20.3 Å². The van der Waals surface area contributed by atoms with Gasteiger partial charge in [0, 0.05) is 22.9 Å². The van der Waals surface area contributed by atoms with Crippen molar-refractivity contribution in [3.8, 4) is 11.1 Å². The van der Waals surface area contributed by atoms with Gasteiger partial charge in [0.2, 0.25) is 0 Å². The van der Waals surface area contributed by atoms with Crippen LogP contribution in [0.3, 0.4) is 0 Å². The van der Waals surface area contributed by atoms with Gasteiger partial charge in [-0.05, 0) is 87.5 Å². The van der Waals surface area contributed by atoms with Crippen molar-refractivity contribution in [1.82, 2.24) is 15.1 Å². The molecule has 1 aromatic carbocycles. The number of H-pyrrole nitrogens is 1. The number of aromatic amines is 1. The van der Waals surface area contributed by atoms with Crippen molar-refractivity contribution in [1.29, 1.82) is 10.8 Å². The van der Waals surface area contributed by atoms with Gasteiger partial charge in [0.25, 0.3) is 0 Å². The molecule has 0 saturated heterocycles. The molecule has 30 heavy (non-hydrogen) atoms. The van der Waals surface area contributed by atoms with Gasteiger partial charge in [0.1, 0.15) is 11.6 Å². The molecule has 6 rings (SSSR count). The Morgan fingerprint density at radius 2 is 1.70 bits per heavy atom. The minimum absolute atomic E-state index is 0.261. The smallest absolute Gasteiger partial charge is 0.141 e. The maximum absolute atomic E-state index is 8.95. The van der Waals surface area contributed by atoms with E-state index < -0.39 is 0 Å². The zero-order valence-corrected chi connectivity index (χ0v) is 17.5. The molecule has 3 aliphatic carbocycles. The number of hydrogen-bond donors (Lipinski definition) is 3. The number of aromatic nitrogens is 3. The summed E-state index contributed by atoms with van der Waals surface area (Å²) in [6.45, 7) is 3.91. The fraction of sp³-hybridized carbons (Fsp3) is 0.500. The van der Waals surface area contributed by atoms with Gasteiger partial charge in [-0.3, -0.25) is 0 Å². The van der Waals surface area contributed by atoms with E-state index in [0.717, 1.165) is 70.7 Å². The highest BCUT2D eigenvalue weighted by atomic mass is 16.5. The third-order valence-electron chi connectivity index (χ3n) is 6.89. The fourth-order valence-corrected chi connectivity index (χ4v) is 4.74. The first-order chi connectivity index (χ1) is 14.5. The van der Waals surface area contributed by atoms with E-state index in [2.05, 4.69) is 22.3 Å². The minimum atomic E-state index is -0.261. The molecule has 0 unspecified atom stereocenters. The topological polar surface area (TPSA) is 102 Å². The second kappa shape index (κ2) is 6.37. The molecule has 3 saturated carbocycles. The van der Waals surface area contributed by atoms with Crippen LogP contribution in [0.25, 0.3) is 22.2 Å². The van der Waals surface area contributed by atoms with Gasteiger partial charge < -0.3 is 20.3 Å². The second-order valence-corrected chi connectivity index (χ2v) is 9.45. The highest BCUT2D eigenvalue weighted by Gasteiger charge is 2.41. The Kier molecular flexibility index (Phi) is 3.83. The average Bonchev–Trinajstić information content (AvgIpc) is 3.60. The van der Waals surface area contributed by atoms with Crippen molar-refractivity contribution in [2.75, 3.05) is 0 Å². The van der Waals surface area contributed by atoms with Crippen LogP contribution >= 0.6 is 0 Å². The number of aryl methyl sites for hydroxylation is 2. The third-order valence-corrected chi connectivity index (χ3v) is 6.89. The maximum atomic E-state index is 8.95. The summed E-state index contributed by atoms with van der Waals surface area (Å²) >= 11 is 0. The molecule has 2 aromatic heterocycles. The van der Waals surface area contributed by atoms with Gasteiger partial charge in [-0.2, -0.15) is 0 Å². The van der Waals surface area contributed by atoms with Crippen LogP contribution in [0.15, 0.2) is 16.7 Å². The van der Waals surface area contributed by atoms with Gasteiger partial charge in [0.15, 0.2) is 0 Å². The maximum Gasteiger partial charge on any atom is 0.141 e. The molecule has 0 amide bonds. The van der Waals surface area contributed by atoms with Crippen molar-refractivity contribution in [3.63, 3.8) is 0 Å². The van der Waals surface area contributed by atoms with Crippen molar-refractivity contribution in [2.24, 2.45) is 11.8 Å². The summed E-state index contributed by atoms with van der Waals surface area (Å²) in [5.41, 5.74) is 7.28. The molecule has 2 heterocycles. The monoisotopic (exact) mass is 401 g/mol. The van der Waals surface area contributed by atoms with Gasteiger partial charge in [0.05, 0.1) is 22.6 Å². The summed E-state index contributed by atoms with van der Waals surface area (Å²) in [5, 5.41) is 22.1. The summed E-state index contributed by atoms with van der Waals surface area (Å²) in [4.78, 5) is 8.56. The van der Waals surface area contributed by atoms with Crippen LogP contribution in [-0.4, -0.2) is 26.5 Å². The van der Waals surface area contributed by atoms with E-state index in [1.807, 2.05) is 13.8 Å². The zero-order valence-electron chi connectivity index (χ0n) is 17.5. The van der Waals surface area contributed by atoms with Crippen LogP contribution in [0.2, 0.25) is 0 Å². The lowest BCUT2D eigenvalue weighted by molar-refractivity contribution is 0.393. The Labute approximate surface area is 175 Å². The second-order valence-electron chi connectivity index (χ2n) is 9.45. The molecule has 3 aromatic rings. The molecular weight excluding hydrogens is 374 g/mol. The standard InChI is InChI=1S/C24H27N5O/c1-11-19(12(2)30-29-11)16-9-17(23-18(10-16)27-24(28-23)15-7-8-15)20(21(25)13-3-4-13)22(26)14-5-6-14/h9-10,13-15,20,25-26H,3-8H2,1-2H3,(H,27,28). The van der Waals surface area contributed by atoms with E-state index in [1.54, 1.807) is 0 Å². The van der Waals surface area contributed by atoms with Crippen LogP contribution in [-0.2, 0) is 0 Å². The van der Waals surface area contributed by atoms with Crippen LogP contribution in [0.5, 0.6) is 0 Å². The lowest BCUT2D eigenvalue weighted by atomic mass is 9.83. The zero-order chi connectivity index (χ0) is 20.6. The van der Waals surface area contributed by atoms with E-state index in [-0.39, 0.29) is 5.92 Å². The molecule has 0 bridgehead atoms. The highest BCUT2D eigenvalue weighted by Crippen LogP contribution is 2.45. The number of fused-ring (bicyclic) bond motifs is 1. The third kappa shape index (κ3) is 2.92. The number of imidazole rings is 1. The molecule has 0 radical (unpaired) electrons. The molecule has 3 fully saturated rings. The van der Waals surface area contributed by atoms with E-state index in [9.17, 15) is 0 Å². The first-order valence-electron chi connectivity index (χ1n) is 11.1. The summed E-state index contributed by atoms with van der Waals surface area (Å²) in [5.74, 6) is 2.77. The van der Waals surface area contributed by atoms with E-state index >= 15 is 0 Å². The minimum Gasteiger partial charge on any atom is -0.361 e. The molecule has 6 nitrogen and oxygen atoms in total. The first-order valence-corrected chi connectivity index (χ1v) is 11.1. The largest absolute Gasteiger partial charge is 0.361 e. The summed E-state index contributed by atoms with van der Waals surface area (Å²) in [6.07, 6.45) is 6.68. The highest BCUT2D eigenvalue weighted by molar-refractivity contribution is 6.15. The van der Waals surface area contributed by atoms with E-state index in [0.29, 0.717) is 29.2 Å². The van der Waals surface area contributed by atoms with Crippen LogP contribution < -0.4 is 0 Å². The average molecular weight is 402 g/mol. The Bertz CT molecular complexity index is 1150. The summed E-state index contributed by atoms with van der Waals surface area (Å²) < 4.78 is 5.45. The van der Waals surface area contributed by atoms with Gasteiger partial charge in [-0.25, -0.2) is 4.98 Å². The summed E-state index contributed by atoms with van der Waals surface area (Å²) in [7, 11) is 0. The summed E-state index contributed by atoms with van der Waals surface area (Å²) in [6, 6.07) is 4.30. The molecule has 154 valence electrons. The van der Waals surface area contributed by atoms with Crippen molar-refractivity contribution in [2.45, 2.75) is 64.2 Å². The molecule has 0 atom stereocenters. The molecule has 3 aliphatic rings. The molecule has 0 spiro atoms. The molecular formula is C24H27N5O. The predicted molar refractivity (Wildman–Crippen MR) is 117 cm³/mol. The number of benzene rings is 1. The van der Waals surface area contributed by atoms with Crippen molar-refractivity contribution in [3.05, 3.63) is 35.0 Å². The molecule has 0 aliphatic heterocycles. The van der Waals surface area contributed by atoms with Gasteiger partial charge in [-0.1, -0.05) is 5.16 Å². The number of rotatable bonds is 7. The van der Waals surface area contributed by atoms with Crippen molar-refractivity contribution < 1.29 is 4.52 Å². The van der Waals surface area contributed by atoms with Crippen LogP contribution in [0.4, 0.5) is 0 Å². The Morgan fingerprint density at radius 1 is 1.03 bits per heavy atom. The Hall–Kier alpha value is -2.76. The van der Waals surface area contributed by atoms with Crippen LogP contribution in [0, 0.1) is 36.5 Å².